The average Bonchev–Trinajstić information content (AvgIpc) is 2.78. The minimum Gasteiger partial charge on any atom is -0.466 e. The molecule has 1 unspecified atom stereocenters. The van der Waals surface area contributed by atoms with Gasteiger partial charge < -0.3 is 23.8 Å². The van der Waals surface area contributed by atoms with Gasteiger partial charge in [-0.25, -0.2) is 9.36 Å². The van der Waals surface area contributed by atoms with Crippen molar-refractivity contribution in [3.8, 4) is 5.75 Å². The van der Waals surface area contributed by atoms with Gasteiger partial charge in [-0.15, -0.1) is 0 Å². The first kappa shape index (κ1) is 28.4. The van der Waals surface area contributed by atoms with E-state index in [4.69, 9.17) is 9.26 Å². The van der Waals surface area contributed by atoms with Gasteiger partial charge >= 0.3 is 19.7 Å². The highest BCUT2D eigenvalue weighted by Crippen LogP contribution is 2.46. The zero-order valence-electron chi connectivity index (χ0n) is 21.2. The van der Waals surface area contributed by atoms with Crippen LogP contribution in [0.2, 0.25) is 0 Å². The normalized spacial score (nSPS) is 14.5. The summed E-state index contributed by atoms with van der Waals surface area (Å²) >= 11 is 0. The molecule has 8 nitrogen and oxygen atoms in total. The predicted molar refractivity (Wildman–Crippen MR) is 134 cm³/mol. The molecule has 1 atom stereocenters. The summed E-state index contributed by atoms with van der Waals surface area (Å²) in [6, 6.07) is 14.3. The molecule has 192 valence electrons. The van der Waals surface area contributed by atoms with Gasteiger partial charge in [0.2, 0.25) is 0 Å². The summed E-state index contributed by atoms with van der Waals surface area (Å²) in [6.45, 7) is 10.6. The molecule has 0 bridgehead atoms. The lowest BCUT2D eigenvalue weighted by atomic mass is 9.98. The summed E-state index contributed by atoms with van der Waals surface area (Å²) in [5, 5.41) is 0. The molecule has 0 spiro atoms. The van der Waals surface area contributed by atoms with E-state index in [0.29, 0.717) is 38.3 Å². The fourth-order valence-corrected chi connectivity index (χ4v) is 4.53. The van der Waals surface area contributed by atoms with Crippen molar-refractivity contribution < 1.29 is 33.0 Å². The van der Waals surface area contributed by atoms with E-state index in [9.17, 15) is 19.0 Å². The molecule has 35 heavy (non-hydrogen) atoms. The van der Waals surface area contributed by atoms with E-state index in [1.807, 2.05) is 45.0 Å². The Morgan fingerprint density at radius 2 is 1.74 bits per heavy atom. The van der Waals surface area contributed by atoms with Gasteiger partial charge in [-0.3, -0.25) is 4.79 Å². The topological polar surface area (TPSA) is 102 Å². The van der Waals surface area contributed by atoms with Crippen molar-refractivity contribution in [1.82, 2.24) is 4.90 Å². The summed E-state index contributed by atoms with van der Waals surface area (Å²) < 4.78 is 27.7. The lowest BCUT2D eigenvalue weighted by Gasteiger charge is -2.31. The van der Waals surface area contributed by atoms with Crippen LogP contribution in [0.4, 0.5) is 4.79 Å². The second kappa shape index (κ2) is 12.8. The fraction of sp³-hybridized carbons (Fsp3) is 0.462. The summed E-state index contributed by atoms with van der Waals surface area (Å²) in [7, 11) is -3.81. The quantitative estimate of drug-likeness (QED) is 0.397. The standard InChI is InChI=1S/C21H26NO5P.C5H10O2/c1-21(2,3)26-20(23)22-12-11-17-13-16(9-10-18(17)14-22)15-28(24,25)27-19-7-5-4-6-8-19;1-3-5(6)7-4-2/h4-10,13H,11-12,14-15H2,1-3H3,(H,24,25);3-4H2,1-2H3. The van der Waals surface area contributed by atoms with Crippen LogP contribution in [0.15, 0.2) is 48.5 Å². The zero-order chi connectivity index (χ0) is 26.1. The molecular weight excluding hydrogens is 469 g/mol. The maximum atomic E-state index is 12.5. The van der Waals surface area contributed by atoms with Crippen LogP contribution in [0.5, 0.6) is 5.75 Å². The van der Waals surface area contributed by atoms with E-state index in [0.717, 1.165) is 16.7 Å². The van der Waals surface area contributed by atoms with Gasteiger partial charge in [0.25, 0.3) is 0 Å². The molecule has 1 N–H and O–H groups in total. The first-order valence-corrected chi connectivity index (χ1v) is 13.5. The number of para-hydroxylation sites is 1. The minimum atomic E-state index is -3.81. The highest BCUT2D eigenvalue weighted by Gasteiger charge is 2.27. The number of carbonyl (C=O) groups excluding carboxylic acids is 2. The third-order valence-corrected chi connectivity index (χ3v) is 6.16. The number of carbonyl (C=O) groups is 2. The largest absolute Gasteiger partial charge is 0.466 e. The molecule has 0 aromatic heterocycles. The maximum absolute atomic E-state index is 12.5. The lowest BCUT2D eigenvalue weighted by molar-refractivity contribution is -0.142. The summed E-state index contributed by atoms with van der Waals surface area (Å²) in [5.41, 5.74) is 2.32. The van der Waals surface area contributed by atoms with Crippen LogP contribution in [-0.4, -0.2) is 40.6 Å². The minimum absolute atomic E-state index is 0.0645. The highest BCUT2D eigenvalue weighted by atomic mass is 31.2. The van der Waals surface area contributed by atoms with Crippen molar-refractivity contribution in [1.29, 1.82) is 0 Å². The van der Waals surface area contributed by atoms with E-state index in [1.54, 1.807) is 43.0 Å². The molecule has 1 aliphatic heterocycles. The van der Waals surface area contributed by atoms with Gasteiger partial charge in [-0.05, 0) is 62.9 Å². The van der Waals surface area contributed by atoms with E-state index in [2.05, 4.69) is 4.74 Å². The Morgan fingerprint density at radius 1 is 1.06 bits per heavy atom. The second-order valence-corrected chi connectivity index (χ2v) is 10.9. The van der Waals surface area contributed by atoms with E-state index in [-0.39, 0.29) is 18.2 Å². The lowest BCUT2D eigenvalue weighted by Crippen LogP contribution is -2.39. The van der Waals surface area contributed by atoms with Crippen molar-refractivity contribution in [3.63, 3.8) is 0 Å². The fourth-order valence-electron chi connectivity index (χ4n) is 3.36. The number of ether oxygens (including phenoxy) is 2. The van der Waals surface area contributed by atoms with Crippen LogP contribution in [0, 0.1) is 0 Å². The molecule has 2 aromatic rings. The smallest absolute Gasteiger partial charge is 0.410 e. The number of benzene rings is 2. The van der Waals surface area contributed by atoms with E-state index >= 15 is 0 Å². The van der Waals surface area contributed by atoms with Gasteiger partial charge in [-0.1, -0.05) is 43.3 Å². The highest BCUT2D eigenvalue weighted by molar-refractivity contribution is 7.52. The summed E-state index contributed by atoms with van der Waals surface area (Å²) in [6.07, 6.45) is 0.773. The van der Waals surface area contributed by atoms with Gasteiger partial charge in [-0.2, -0.15) is 0 Å². The third-order valence-electron chi connectivity index (χ3n) is 4.90. The van der Waals surface area contributed by atoms with Crippen LogP contribution in [0.1, 0.15) is 57.7 Å². The molecule has 3 rings (SSSR count). The Kier molecular flexibility index (Phi) is 10.3. The van der Waals surface area contributed by atoms with Crippen molar-refractivity contribution in [3.05, 3.63) is 65.2 Å². The predicted octanol–water partition coefficient (Wildman–Crippen LogP) is 5.70. The van der Waals surface area contributed by atoms with Gasteiger partial charge in [0.15, 0.2) is 0 Å². The Morgan fingerprint density at radius 3 is 2.31 bits per heavy atom. The molecule has 1 heterocycles. The van der Waals surface area contributed by atoms with Gasteiger partial charge in [0.1, 0.15) is 11.4 Å². The zero-order valence-corrected chi connectivity index (χ0v) is 22.0. The summed E-state index contributed by atoms with van der Waals surface area (Å²) in [5.74, 6) is 0.252. The number of esters is 1. The van der Waals surface area contributed by atoms with Crippen LogP contribution in [0.3, 0.4) is 0 Å². The summed E-state index contributed by atoms with van der Waals surface area (Å²) in [4.78, 5) is 34.4. The van der Waals surface area contributed by atoms with Crippen molar-refractivity contribution in [2.45, 2.75) is 65.8 Å². The molecule has 0 fully saturated rings. The van der Waals surface area contributed by atoms with Crippen LogP contribution < -0.4 is 4.52 Å². The number of rotatable bonds is 6. The van der Waals surface area contributed by atoms with Gasteiger partial charge in [0.05, 0.1) is 12.8 Å². The van der Waals surface area contributed by atoms with Crippen molar-refractivity contribution >= 4 is 19.7 Å². The van der Waals surface area contributed by atoms with Crippen LogP contribution in [0.25, 0.3) is 0 Å². The van der Waals surface area contributed by atoms with E-state index < -0.39 is 13.2 Å². The number of fused-ring (bicyclic) bond motifs is 1. The molecule has 1 amide bonds. The van der Waals surface area contributed by atoms with Crippen molar-refractivity contribution in [2.24, 2.45) is 0 Å². The van der Waals surface area contributed by atoms with E-state index in [1.165, 1.54) is 0 Å². The third kappa shape index (κ3) is 10.1. The molecular formula is C26H36NO7P. The van der Waals surface area contributed by atoms with Crippen molar-refractivity contribution in [2.75, 3.05) is 13.2 Å². The van der Waals surface area contributed by atoms with Gasteiger partial charge in [0, 0.05) is 19.5 Å². The second-order valence-electron chi connectivity index (χ2n) is 9.11. The number of hydrogen-bond donors (Lipinski definition) is 1. The number of nitrogens with zero attached hydrogens (tertiary/aromatic N) is 1. The SMILES string of the molecule is CC(C)(C)OC(=O)N1CCc2cc(CP(=O)(O)Oc3ccccc3)ccc2C1.CCOC(=O)CC. The Hall–Kier alpha value is -2.83. The van der Waals surface area contributed by atoms with Crippen LogP contribution >= 0.6 is 7.60 Å². The first-order valence-electron chi connectivity index (χ1n) is 11.7. The average molecular weight is 506 g/mol. The molecule has 0 saturated heterocycles. The first-order chi connectivity index (χ1) is 16.4. The molecule has 1 aliphatic rings. The molecule has 0 aliphatic carbocycles. The Balaban J connectivity index is 0.000000540. The molecule has 2 aromatic carbocycles. The molecule has 9 heteroatoms. The maximum Gasteiger partial charge on any atom is 0.410 e. The van der Waals surface area contributed by atoms with Crippen LogP contribution in [-0.2, 0) is 38.0 Å². The number of hydrogen-bond acceptors (Lipinski definition) is 6. The molecule has 0 saturated carbocycles. The Labute approximate surface area is 207 Å². The molecule has 0 radical (unpaired) electrons. The Bertz CT molecular complexity index is 1030. The number of amides is 1. The monoisotopic (exact) mass is 505 g/mol.